The Balaban J connectivity index is 1.75. The van der Waals surface area contributed by atoms with Gasteiger partial charge in [-0.1, -0.05) is 25.1 Å². The lowest BCUT2D eigenvalue weighted by Crippen LogP contribution is -2.14. The number of rotatable bonds is 7. The number of nitrogens with zero attached hydrogens (tertiary/aromatic N) is 1. The summed E-state index contributed by atoms with van der Waals surface area (Å²) in [6.07, 6.45) is 3.19. The molecule has 4 aromatic rings. The van der Waals surface area contributed by atoms with Crippen molar-refractivity contribution >= 4 is 28.7 Å². The summed E-state index contributed by atoms with van der Waals surface area (Å²) < 4.78 is 16.7. The number of nitro groups is 1. The second kappa shape index (κ2) is 10.0. The Bertz CT molecular complexity index is 1500. The number of methoxy groups -OCH3 is 1. The largest absolute Gasteiger partial charge is 0.497 e. The number of non-ortho nitro benzene ring substituents is 1. The molecule has 0 N–H and O–H groups in total. The van der Waals surface area contributed by atoms with Crippen LogP contribution >= 0.6 is 0 Å². The molecule has 8 heteroatoms. The van der Waals surface area contributed by atoms with Crippen molar-refractivity contribution in [3.8, 4) is 22.8 Å². The first-order valence-electron chi connectivity index (χ1n) is 10.8. The van der Waals surface area contributed by atoms with Gasteiger partial charge in [0.05, 0.1) is 17.4 Å². The van der Waals surface area contributed by atoms with E-state index in [0.29, 0.717) is 27.8 Å². The van der Waals surface area contributed by atoms with Crippen LogP contribution < -0.4 is 14.9 Å². The Kier molecular flexibility index (Phi) is 6.73. The predicted molar refractivity (Wildman–Crippen MR) is 132 cm³/mol. The molecule has 0 fully saturated rings. The molecule has 0 amide bonds. The molecule has 176 valence electrons. The molecule has 0 radical (unpaired) electrons. The van der Waals surface area contributed by atoms with E-state index in [-0.39, 0.29) is 17.2 Å². The summed E-state index contributed by atoms with van der Waals surface area (Å²) >= 11 is 0. The van der Waals surface area contributed by atoms with E-state index in [0.717, 1.165) is 18.1 Å². The van der Waals surface area contributed by atoms with Crippen molar-refractivity contribution in [2.24, 2.45) is 0 Å². The van der Waals surface area contributed by atoms with E-state index in [1.807, 2.05) is 13.0 Å². The fraction of sp³-hybridized carbons (Fsp3) is 0.111. The molecule has 0 bridgehead atoms. The van der Waals surface area contributed by atoms with Crippen LogP contribution in [0.25, 0.3) is 28.4 Å². The molecule has 4 rings (SSSR count). The molecule has 8 nitrogen and oxygen atoms in total. The molecule has 35 heavy (non-hydrogen) atoms. The zero-order valence-corrected chi connectivity index (χ0v) is 19.0. The normalized spacial score (nSPS) is 11.0. The summed E-state index contributed by atoms with van der Waals surface area (Å²) in [5.74, 6) is -0.358. The van der Waals surface area contributed by atoms with Gasteiger partial charge in [-0.2, -0.15) is 0 Å². The molecule has 0 unspecified atom stereocenters. The number of benzene rings is 3. The molecule has 1 aromatic heterocycles. The van der Waals surface area contributed by atoms with E-state index in [2.05, 4.69) is 0 Å². The number of esters is 1. The topological polar surface area (TPSA) is 109 Å². The van der Waals surface area contributed by atoms with Crippen molar-refractivity contribution in [2.75, 3.05) is 7.11 Å². The lowest BCUT2D eigenvalue weighted by Gasteiger charge is -2.11. The number of nitro benzene ring substituents is 1. The van der Waals surface area contributed by atoms with Gasteiger partial charge in [0.2, 0.25) is 11.2 Å². The van der Waals surface area contributed by atoms with Gasteiger partial charge in [0.15, 0.2) is 5.76 Å². The quantitative estimate of drug-likeness (QED) is 0.150. The molecule has 0 spiro atoms. The van der Waals surface area contributed by atoms with Crippen LogP contribution in [-0.4, -0.2) is 18.0 Å². The number of aryl methyl sites for hydroxylation is 1. The molecule has 0 saturated heterocycles. The lowest BCUT2D eigenvalue weighted by molar-refractivity contribution is -0.384. The number of hydrogen-bond donors (Lipinski definition) is 0. The minimum atomic E-state index is -0.829. The summed E-state index contributed by atoms with van der Waals surface area (Å²) in [5, 5.41) is 11.3. The molecule has 0 aliphatic rings. The Morgan fingerprint density at radius 1 is 1.09 bits per heavy atom. The highest BCUT2D eigenvalue weighted by atomic mass is 16.6. The molecular weight excluding hydrogens is 450 g/mol. The third-order valence-electron chi connectivity index (χ3n) is 5.37. The molecule has 3 aromatic carbocycles. The standard InChI is InChI=1S/C27H21NO7/c1-3-17-7-13-23-22(16-17)25(30)27(26(34-23)19-9-11-21(33-2)12-10-19)35-24(29)14-8-18-5-4-6-20(15-18)28(31)32/h4-16H,3H2,1-2H3. The Morgan fingerprint density at radius 3 is 2.54 bits per heavy atom. The number of hydrogen-bond acceptors (Lipinski definition) is 7. The van der Waals surface area contributed by atoms with Gasteiger partial charge in [-0.25, -0.2) is 4.79 Å². The molecule has 0 aliphatic heterocycles. The first-order chi connectivity index (χ1) is 16.9. The average molecular weight is 471 g/mol. The van der Waals surface area contributed by atoms with Crippen molar-refractivity contribution in [3.05, 3.63) is 104 Å². The van der Waals surface area contributed by atoms with E-state index in [1.165, 1.54) is 31.4 Å². The lowest BCUT2D eigenvalue weighted by atomic mass is 10.1. The van der Waals surface area contributed by atoms with Crippen LogP contribution in [0.3, 0.4) is 0 Å². The van der Waals surface area contributed by atoms with Crippen molar-refractivity contribution < 1.29 is 23.6 Å². The summed E-state index contributed by atoms with van der Waals surface area (Å²) in [5.41, 5.74) is 1.67. The Hall–Kier alpha value is -4.72. The van der Waals surface area contributed by atoms with Gasteiger partial charge in [-0.15, -0.1) is 0 Å². The summed E-state index contributed by atoms with van der Waals surface area (Å²) in [4.78, 5) is 36.5. The van der Waals surface area contributed by atoms with Crippen LogP contribution in [0.2, 0.25) is 0 Å². The molecule has 0 aliphatic carbocycles. The maximum absolute atomic E-state index is 13.4. The van der Waals surface area contributed by atoms with Crippen LogP contribution in [0.15, 0.2) is 82.0 Å². The van der Waals surface area contributed by atoms with Crippen molar-refractivity contribution in [1.29, 1.82) is 0 Å². The minimum Gasteiger partial charge on any atom is -0.497 e. The predicted octanol–water partition coefficient (Wildman–Crippen LogP) is 5.56. The number of fused-ring (bicyclic) bond motifs is 1. The number of carbonyl (C=O) groups excluding carboxylic acids is 1. The van der Waals surface area contributed by atoms with Crippen LogP contribution in [0, 0.1) is 10.1 Å². The zero-order chi connectivity index (χ0) is 24.9. The number of ether oxygens (including phenoxy) is 2. The molecular formula is C27H21NO7. The summed E-state index contributed by atoms with van der Waals surface area (Å²) in [6, 6.07) is 17.9. The van der Waals surface area contributed by atoms with Crippen molar-refractivity contribution in [3.63, 3.8) is 0 Å². The number of carbonyl (C=O) groups is 1. The van der Waals surface area contributed by atoms with Crippen molar-refractivity contribution in [1.82, 2.24) is 0 Å². The zero-order valence-electron chi connectivity index (χ0n) is 19.0. The first kappa shape index (κ1) is 23.4. The smallest absolute Gasteiger partial charge is 0.336 e. The maximum atomic E-state index is 13.4. The van der Waals surface area contributed by atoms with E-state index in [1.54, 1.807) is 42.5 Å². The monoisotopic (exact) mass is 471 g/mol. The van der Waals surface area contributed by atoms with Crippen LogP contribution in [0.4, 0.5) is 5.69 Å². The van der Waals surface area contributed by atoms with E-state index < -0.39 is 16.3 Å². The van der Waals surface area contributed by atoms with Gasteiger partial charge in [-0.05, 0) is 60.0 Å². The average Bonchev–Trinajstić information content (AvgIpc) is 2.89. The first-order valence-corrected chi connectivity index (χ1v) is 10.8. The third-order valence-corrected chi connectivity index (χ3v) is 5.37. The highest BCUT2D eigenvalue weighted by Gasteiger charge is 2.20. The minimum absolute atomic E-state index is 0.103. The van der Waals surface area contributed by atoms with Crippen LogP contribution in [0.5, 0.6) is 11.5 Å². The second-order valence-corrected chi connectivity index (χ2v) is 7.61. The molecule has 0 saturated carbocycles. The third kappa shape index (κ3) is 5.11. The van der Waals surface area contributed by atoms with Gasteiger partial charge >= 0.3 is 5.97 Å². The Morgan fingerprint density at radius 2 is 1.86 bits per heavy atom. The fourth-order valence-electron chi connectivity index (χ4n) is 3.51. The Labute approximate surface area is 200 Å². The summed E-state index contributed by atoms with van der Waals surface area (Å²) in [6.45, 7) is 1.97. The van der Waals surface area contributed by atoms with Gasteiger partial charge in [0.25, 0.3) is 5.69 Å². The molecule has 1 heterocycles. The molecule has 0 atom stereocenters. The van der Waals surface area contributed by atoms with Gasteiger partial charge in [0, 0.05) is 23.8 Å². The maximum Gasteiger partial charge on any atom is 0.336 e. The van der Waals surface area contributed by atoms with Crippen LogP contribution in [0.1, 0.15) is 18.1 Å². The highest BCUT2D eigenvalue weighted by Crippen LogP contribution is 2.32. The van der Waals surface area contributed by atoms with E-state index in [9.17, 15) is 19.7 Å². The van der Waals surface area contributed by atoms with Crippen molar-refractivity contribution in [2.45, 2.75) is 13.3 Å². The SMILES string of the molecule is CCc1ccc2oc(-c3ccc(OC)cc3)c(OC(=O)C=Cc3cccc([N+](=O)[O-])c3)c(=O)c2c1. The van der Waals surface area contributed by atoms with Gasteiger partial charge in [-0.3, -0.25) is 14.9 Å². The van der Waals surface area contributed by atoms with Gasteiger partial charge in [0.1, 0.15) is 11.3 Å². The summed E-state index contributed by atoms with van der Waals surface area (Å²) in [7, 11) is 1.54. The van der Waals surface area contributed by atoms with Crippen LogP contribution in [-0.2, 0) is 11.2 Å². The van der Waals surface area contributed by atoms with E-state index >= 15 is 0 Å². The van der Waals surface area contributed by atoms with Gasteiger partial charge < -0.3 is 13.9 Å². The second-order valence-electron chi connectivity index (χ2n) is 7.61. The van der Waals surface area contributed by atoms with E-state index in [4.69, 9.17) is 13.9 Å². The highest BCUT2D eigenvalue weighted by molar-refractivity contribution is 5.91. The fourth-order valence-corrected chi connectivity index (χ4v) is 3.51.